The lowest BCUT2D eigenvalue weighted by Crippen LogP contribution is -1.99. The predicted molar refractivity (Wildman–Crippen MR) is 43.0 cm³/mol. The second-order valence-corrected chi connectivity index (χ2v) is 2.57. The van der Waals surface area contributed by atoms with E-state index in [1.165, 1.54) is 0 Å². The van der Waals surface area contributed by atoms with Crippen molar-refractivity contribution < 1.29 is 5.11 Å². The number of nitrogens with zero attached hydrogens (tertiary/aromatic N) is 1. The van der Waals surface area contributed by atoms with E-state index in [0.717, 1.165) is 0 Å². The fourth-order valence-corrected chi connectivity index (χ4v) is 0.984. The molecule has 0 amide bonds. The highest BCUT2D eigenvalue weighted by Crippen LogP contribution is 2.10. The molecule has 10 heavy (non-hydrogen) atoms. The van der Waals surface area contributed by atoms with Crippen LogP contribution in [0.2, 0.25) is 0 Å². The summed E-state index contributed by atoms with van der Waals surface area (Å²) < 4.78 is 0. The Kier molecular flexibility index (Phi) is 2.83. The van der Waals surface area contributed by atoms with Crippen LogP contribution in [0.25, 0.3) is 0 Å². The van der Waals surface area contributed by atoms with E-state index in [-0.39, 0.29) is 0 Å². The number of hydrogen-bond donors (Lipinski definition) is 1. The number of alkyl halides is 1. The van der Waals surface area contributed by atoms with Crippen LogP contribution in [0.1, 0.15) is 11.8 Å². The van der Waals surface area contributed by atoms with Gasteiger partial charge in [0.2, 0.25) is 0 Å². The Balaban J connectivity index is 2.75. The van der Waals surface area contributed by atoms with Crippen molar-refractivity contribution in [2.75, 3.05) is 5.33 Å². The van der Waals surface area contributed by atoms with Crippen LogP contribution in [0.5, 0.6) is 0 Å². The van der Waals surface area contributed by atoms with Crippen LogP contribution in [-0.4, -0.2) is 15.4 Å². The maximum atomic E-state index is 9.22. The zero-order valence-electron chi connectivity index (χ0n) is 5.37. The van der Waals surface area contributed by atoms with E-state index in [1.807, 2.05) is 12.1 Å². The summed E-state index contributed by atoms with van der Waals surface area (Å²) in [6, 6.07) is 5.48. The normalized spacial score (nSPS) is 13.0. The maximum absolute atomic E-state index is 9.22. The van der Waals surface area contributed by atoms with Gasteiger partial charge in [-0.2, -0.15) is 0 Å². The average molecular weight is 202 g/mol. The number of rotatable bonds is 2. The number of aromatic nitrogens is 1. The van der Waals surface area contributed by atoms with Crippen molar-refractivity contribution in [1.82, 2.24) is 4.98 Å². The van der Waals surface area contributed by atoms with Crippen molar-refractivity contribution in [1.29, 1.82) is 0 Å². The second kappa shape index (κ2) is 3.68. The van der Waals surface area contributed by atoms with Gasteiger partial charge in [-0.1, -0.05) is 22.0 Å². The Morgan fingerprint density at radius 2 is 2.40 bits per heavy atom. The van der Waals surface area contributed by atoms with E-state index >= 15 is 0 Å². The van der Waals surface area contributed by atoms with Gasteiger partial charge in [0.1, 0.15) is 6.10 Å². The molecule has 3 heteroatoms. The van der Waals surface area contributed by atoms with E-state index in [0.29, 0.717) is 11.0 Å². The molecule has 1 N–H and O–H groups in total. The van der Waals surface area contributed by atoms with Gasteiger partial charge in [-0.25, -0.2) is 0 Å². The van der Waals surface area contributed by atoms with Crippen LogP contribution >= 0.6 is 15.9 Å². The number of halogens is 1. The standard InChI is InChI=1S/C7H8BrNO/c8-5-7(10)6-3-1-2-4-9-6/h1-4,7,10H,5H2/t7-/m0/s1. The lowest BCUT2D eigenvalue weighted by Gasteiger charge is -2.03. The molecule has 2 nitrogen and oxygen atoms in total. The minimum Gasteiger partial charge on any atom is -0.386 e. The Bertz CT molecular complexity index is 190. The van der Waals surface area contributed by atoms with Crippen molar-refractivity contribution in [2.45, 2.75) is 6.10 Å². The number of hydrogen-bond acceptors (Lipinski definition) is 2. The molecule has 54 valence electrons. The van der Waals surface area contributed by atoms with E-state index in [1.54, 1.807) is 12.3 Å². The van der Waals surface area contributed by atoms with Gasteiger partial charge in [-0.05, 0) is 12.1 Å². The van der Waals surface area contributed by atoms with Gasteiger partial charge in [-0.15, -0.1) is 0 Å². The van der Waals surface area contributed by atoms with E-state index < -0.39 is 6.10 Å². The summed E-state index contributed by atoms with van der Waals surface area (Å²) in [5.74, 6) is 0. The SMILES string of the molecule is O[C@@H](CBr)c1ccccn1. The first-order chi connectivity index (χ1) is 4.84. The molecule has 0 aliphatic rings. The molecule has 0 radical (unpaired) electrons. The van der Waals surface area contributed by atoms with Gasteiger partial charge in [0.25, 0.3) is 0 Å². The topological polar surface area (TPSA) is 33.1 Å². The molecule has 1 aromatic heterocycles. The van der Waals surface area contributed by atoms with E-state index in [4.69, 9.17) is 0 Å². The second-order valence-electron chi connectivity index (χ2n) is 1.92. The van der Waals surface area contributed by atoms with Crippen molar-refractivity contribution in [3.8, 4) is 0 Å². The molecule has 1 aromatic rings. The number of pyridine rings is 1. The smallest absolute Gasteiger partial charge is 0.106 e. The predicted octanol–water partition coefficient (Wildman–Crippen LogP) is 1.51. The summed E-state index contributed by atoms with van der Waals surface area (Å²) in [6.45, 7) is 0. The highest BCUT2D eigenvalue weighted by molar-refractivity contribution is 9.09. The van der Waals surface area contributed by atoms with Crippen LogP contribution in [0.4, 0.5) is 0 Å². The zero-order chi connectivity index (χ0) is 7.40. The minimum absolute atomic E-state index is 0.485. The minimum atomic E-state index is -0.485. The molecule has 1 atom stereocenters. The van der Waals surface area contributed by atoms with Gasteiger partial charge in [0, 0.05) is 11.5 Å². The highest BCUT2D eigenvalue weighted by Gasteiger charge is 2.03. The monoisotopic (exact) mass is 201 g/mol. The summed E-state index contributed by atoms with van der Waals surface area (Å²) >= 11 is 3.16. The van der Waals surface area contributed by atoms with Gasteiger partial charge in [-0.3, -0.25) is 4.98 Å². The third kappa shape index (κ3) is 1.78. The molecule has 0 saturated carbocycles. The maximum Gasteiger partial charge on any atom is 0.106 e. The Morgan fingerprint density at radius 3 is 2.90 bits per heavy atom. The van der Waals surface area contributed by atoms with Crippen molar-refractivity contribution in [3.63, 3.8) is 0 Å². The van der Waals surface area contributed by atoms with E-state index in [9.17, 15) is 5.11 Å². The number of aliphatic hydroxyl groups is 1. The Hall–Kier alpha value is -0.410. The molecule has 0 aliphatic carbocycles. The van der Waals surface area contributed by atoms with Crippen molar-refractivity contribution in [2.24, 2.45) is 0 Å². The van der Waals surface area contributed by atoms with E-state index in [2.05, 4.69) is 20.9 Å². The first-order valence-electron chi connectivity index (χ1n) is 2.99. The van der Waals surface area contributed by atoms with Crippen LogP contribution in [-0.2, 0) is 0 Å². The fourth-order valence-electron chi connectivity index (χ4n) is 0.652. The summed E-state index contributed by atoms with van der Waals surface area (Å²) in [6.07, 6.45) is 1.18. The molecule has 0 unspecified atom stereocenters. The molecule has 0 bridgehead atoms. The first-order valence-corrected chi connectivity index (χ1v) is 4.11. The molecule has 1 rings (SSSR count). The molecule has 0 saturated heterocycles. The Morgan fingerprint density at radius 1 is 1.60 bits per heavy atom. The van der Waals surface area contributed by atoms with Gasteiger partial charge >= 0.3 is 0 Å². The van der Waals surface area contributed by atoms with Crippen molar-refractivity contribution in [3.05, 3.63) is 30.1 Å². The molecule has 0 spiro atoms. The van der Waals surface area contributed by atoms with Crippen LogP contribution < -0.4 is 0 Å². The molecule has 1 heterocycles. The Labute approximate surface area is 68.0 Å². The summed E-state index contributed by atoms with van der Waals surface area (Å²) in [5, 5.41) is 9.75. The van der Waals surface area contributed by atoms with Gasteiger partial charge in [0.15, 0.2) is 0 Å². The summed E-state index contributed by atoms with van der Waals surface area (Å²) in [4.78, 5) is 3.97. The van der Waals surface area contributed by atoms with Gasteiger partial charge in [0.05, 0.1) is 5.69 Å². The fraction of sp³-hybridized carbons (Fsp3) is 0.286. The molecular weight excluding hydrogens is 194 g/mol. The summed E-state index contributed by atoms with van der Waals surface area (Å²) in [5.41, 5.74) is 0.708. The molecular formula is C7H8BrNO. The third-order valence-electron chi connectivity index (χ3n) is 1.18. The lowest BCUT2D eigenvalue weighted by atomic mass is 10.2. The first kappa shape index (κ1) is 7.69. The third-order valence-corrected chi connectivity index (χ3v) is 1.79. The molecule has 0 aliphatic heterocycles. The van der Waals surface area contributed by atoms with Crippen LogP contribution in [0.15, 0.2) is 24.4 Å². The van der Waals surface area contributed by atoms with Crippen molar-refractivity contribution >= 4 is 15.9 Å². The average Bonchev–Trinajstić information content (AvgIpc) is 2.05. The highest BCUT2D eigenvalue weighted by atomic mass is 79.9. The zero-order valence-corrected chi connectivity index (χ0v) is 6.95. The lowest BCUT2D eigenvalue weighted by molar-refractivity contribution is 0.200. The number of aliphatic hydroxyl groups excluding tert-OH is 1. The summed E-state index contributed by atoms with van der Waals surface area (Å²) in [7, 11) is 0. The van der Waals surface area contributed by atoms with Gasteiger partial charge < -0.3 is 5.11 Å². The van der Waals surface area contributed by atoms with Crippen LogP contribution in [0, 0.1) is 0 Å². The molecule has 0 fully saturated rings. The molecule has 0 aromatic carbocycles. The van der Waals surface area contributed by atoms with Crippen LogP contribution in [0.3, 0.4) is 0 Å². The largest absolute Gasteiger partial charge is 0.386 e. The quantitative estimate of drug-likeness (QED) is 0.737.